The summed E-state index contributed by atoms with van der Waals surface area (Å²) >= 11 is 6.71. The average molecular weight is 452 g/mol. The molecule has 122 valence electrons. The molecule has 1 N–H and O–H groups in total. The number of hydrogen-bond acceptors (Lipinski definition) is 4. The van der Waals surface area contributed by atoms with Crippen LogP contribution in [-0.2, 0) is 6.67 Å². The summed E-state index contributed by atoms with van der Waals surface area (Å²) in [6.07, 6.45) is 6.79. The maximum atomic E-state index is 12.0. The van der Waals surface area contributed by atoms with Gasteiger partial charge >= 0.3 is 0 Å². The number of rotatable bonds is 5. The predicted octanol–water partition coefficient (Wildman–Crippen LogP) is 2.87. The monoisotopic (exact) mass is 450 g/mol. The summed E-state index contributed by atoms with van der Waals surface area (Å²) in [5.74, 6) is -0.373. The van der Waals surface area contributed by atoms with Gasteiger partial charge < -0.3 is 0 Å². The molecular formula is C15H12Br2N6O. The number of nitrogens with one attached hydrogen (secondary N) is 1. The van der Waals surface area contributed by atoms with Crippen molar-refractivity contribution in [2.45, 2.75) is 6.67 Å². The molecule has 2 aromatic heterocycles. The number of aromatic nitrogens is 4. The molecule has 9 heteroatoms. The van der Waals surface area contributed by atoms with Gasteiger partial charge in [0.05, 0.1) is 16.9 Å². The zero-order valence-electron chi connectivity index (χ0n) is 12.3. The standard InChI is InChI=1S/C15H12Br2N6O/c16-12-3-1-2-11(6-12)7-18-20-15(24)14-4-5-22(21-14)10-23-9-13(17)8-19-23/h1-9H,10H2,(H,20,24)/b18-7-. The lowest BCUT2D eigenvalue weighted by Crippen LogP contribution is -2.19. The maximum Gasteiger partial charge on any atom is 0.291 e. The molecule has 3 aromatic rings. The lowest BCUT2D eigenvalue weighted by Gasteiger charge is -2.01. The Bertz CT molecular complexity index is 885. The second kappa shape index (κ2) is 7.54. The molecule has 1 amide bonds. The van der Waals surface area contributed by atoms with E-state index in [4.69, 9.17) is 0 Å². The topological polar surface area (TPSA) is 77.1 Å². The normalized spacial score (nSPS) is 11.1. The zero-order chi connectivity index (χ0) is 16.9. The highest BCUT2D eigenvalue weighted by atomic mass is 79.9. The van der Waals surface area contributed by atoms with Crippen molar-refractivity contribution in [2.75, 3.05) is 0 Å². The Morgan fingerprint density at radius 1 is 1.25 bits per heavy atom. The van der Waals surface area contributed by atoms with E-state index in [0.717, 1.165) is 14.5 Å². The van der Waals surface area contributed by atoms with Crippen LogP contribution in [0.5, 0.6) is 0 Å². The van der Waals surface area contributed by atoms with Crippen LogP contribution in [-0.4, -0.2) is 31.7 Å². The predicted molar refractivity (Wildman–Crippen MR) is 96.8 cm³/mol. The van der Waals surface area contributed by atoms with E-state index in [1.165, 1.54) is 0 Å². The molecule has 3 rings (SSSR count). The average Bonchev–Trinajstić information content (AvgIpc) is 3.17. The van der Waals surface area contributed by atoms with Gasteiger partial charge in [-0.25, -0.2) is 10.1 Å². The maximum absolute atomic E-state index is 12.0. The Balaban J connectivity index is 1.59. The van der Waals surface area contributed by atoms with Gasteiger partial charge in [0, 0.05) is 16.9 Å². The summed E-state index contributed by atoms with van der Waals surface area (Å²) in [7, 11) is 0. The van der Waals surface area contributed by atoms with Crippen molar-refractivity contribution in [2.24, 2.45) is 5.10 Å². The molecule has 0 saturated heterocycles. The van der Waals surface area contributed by atoms with Gasteiger partial charge in [-0.1, -0.05) is 28.1 Å². The van der Waals surface area contributed by atoms with Crippen LogP contribution < -0.4 is 5.43 Å². The van der Waals surface area contributed by atoms with Crippen LogP contribution in [0.15, 0.2) is 63.0 Å². The van der Waals surface area contributed by atoms with E-state index >= 15 is 0 Å². The zero-order valence-corrected chi connectivity index (χ0v) is 15.5. The van der Waals surface area contributed by atoms with Crippen LogP contribution in [0.4, 0.5) is 0 Å². The van der Waals surface area contributed by atoms with Gasteiger partial charge in [-0.05, 0) is 39.7 Å². The lowest BCUT2D eigenvalue weighted by atomic mass is 10.2. The third kappa shape index (κ3) is 4.39. The summed E-state index contributed by atoms with van der Waals surface area (Å²) in [6, 6.07) is 9.22. The minimum Gasteiger partial charge on any atom is -0.265 e. The number of halogens is 2. The first-order valence-corrected chi connectivity index (χ1v) is 8.49. The van der Waals surface area contributed by atoms with E-state index in [9.17, 15) is 4.79 Å². The Kier molecular flexibility index (Phi) is 5.21. The number of amides is 1. The number of carbonyl (C=O) groups is 1. The van der Waals surface area contributed by atoms with Crippen LogP contribution in [0.25, 0.3) is 0 Å². The molecule has 1 aromatic carbocycles. The third-order valence-electron chi connectivity index (χ3n) is 2.99. The van der Waals surface area contributed by atoms with Crippen molar-refractivity contribution in [3.05, 3.63) is 69.1 Å². The SMILES string of the molecule is O=C(N/N=C\c1cccc(Br)c1)c1ccn(Cn2cc(Br)cn2)n1. The molecule has 0 aliphatic heterocycles. The first kappa shape index (κ1) is 16.6. The molecule has 0 radical (unpaired) electrons. The van der Waals surface area contributed by atoms with Crippen molar-refractivity contribution < 1.29 is 4.79 Å². The molecular weight excluding hydrogens is 440 g/mol. The number of hydrogen-bond donors (Lipinski definition) is 1. The molecule has 0 unspecified atom stereocenters. The fourth-order valence-corrected chi connectivity index (χ4v) is 2.68. The Hall–Kier alpha value is -2.26. The van der Waals surface area contributed by atoms with Crippen molar-refractivity contribution >= 4 is 44.0 Å². The van der Waals surface area contributed by atoms with E-state index < -0.39 is 0 Å². The smallest absolute Gasteiger partial charge is 0.265 e. The lowest BCUT2D eigenvalue weighted by molar-refractivity contribution is 0.0949. The summed E-state index contributed by atoms with van der Waals surface area (Å²) in [4.78, 5) is 12.0. The molecule has 0 atom stereocenters. The van der Waals surface area contributed by atoms with Gasteiger partial charge in [0.25, 0.3) is 5.91 Å². The van der Waals surface area contributed by atoms with Crippen LogP contribution in [0, 0.1) is 0 Å². The summed E-state index contributed by atoms with van der Waals surface area (Å²) in [5, 5.41) is 12.3. The summed E-state index contributed by atoms with van der Waals surface area (Å²) < 4.78 is 5.15. The number of hydrazone groups is 1. The van der Waals surface area contributed by atoms with Gasteiger partial charge in [-0.3, -0.25) is 9.48 Å². The first-order valence-electron chi connectivity index (χ1n) is 6.90. The highest BCUT2D eigenvalue weighted by Gasteiger charge is 2.08. The third-order valence-corrected chi connectivity index (χ3v) is 3.90. The van der Waals surface area contributed by atoms with E-state index in [0.29, 0.717) is 6.67 Å². The molecule has 24 heavy (non-hydrogen) atoms. The number of nitrogens with zero attached hydrogens (tertiary/aromatic N) is 5. The van der Waals surface area contributed by atoms with Crippen molar-refractivity contribution in [1.29, 1.82) is 0 Å². The molecule has 0 bridgehead atoms. The van der Waals surface area contributed by atoms with Gasteiger partial charge in [-0.15, -0.1) is 0 Å². The first-order chi connectivity index (χ1) is 11.6. The Morgan fingerprint density at radius 3 is 2.88 bits per heavy atom. The van der Waals surface area contributed by atoms with E-state index in [1.54, 1.807) is 34.0 Å². The summed E-state index contributed by atoms with van der Waals surface area (Å²) in [5.41, 5.74) is 3.62. The van der Waals surface area contributed by atoms with Crippen LogP contribution >= 0.6 is 31.9 Å². The van der Waals surface area contributed by atoms with Gasteiger partial charge in [0.2, 0.25) is 0 Å². The fraction of sp³-hybridized carbons (Fsp3) is 0.0667. The van der Waals surface area contributed by atoms with Crippen molar-refractivity contribution in [1.82, 2.24) is 25.0 Å². The molecule has 0 aliphatic rings. The van der Waals surface area contributed by atoms with Gasteiger partial charge in [0.15, 0.2) is 5.69 Å². The minimum absolute atomic E-state index is 0.285. The largest absolute Gasteiger partial charge is 0.291 e. The molecule has 0 saturated carbocycles. The van der Waals surface area contributed by atoms with Gasteiger partial charge in [-0.2, -0.15) is 15.3 Å². The van der Waals surface area contributed by atoms with Crippen LogP contribution in [0.3, 0.4) is 0 Å². The highest BCUT2D eigenvalue weighted by molar-refractivity contribution is 9.10. The van der Waals surface area contributed by atoms with Gasteiger partial charge in [0.1, 0.15) is 6.67 Å². The highest BCUT2D eigenvalue weighted by Crippen LogP contribution is 2.10. The molecule has 7 nitrogen and oxygen atoms in total. The minimum atomic E-state index is -0.373. The fourth-order valence-electron chi connectivity index (χ4n) is 1.94. The summed E-state index contributed by atoms with van der Waals surface area (Å²) in [6.45, 7) is 0.417. The second-order valence-electron chi connectivity index (χ2n) is 4.83. The van der Waals surface area contributed by atoms with Crippen molar-refractivity contribution in [3.8, 4) is 0 Å². The Labute approximate surface area is 154 Å². The second-order valence-corrected chi connectivity index (χ2v) is 6.67. The molecule has 0 spiro atoms. The van der Waals surface area contributed by atoms with E-state index in [-0.39, 0.29) is 11.6 Å². The van der Waals surface area contributed by atoms with Crippen molar-refractivity contribution in [3.63, 3.8) is 0 Å². The molecule has 0 aliphatic carbocycles. The molecule has 0 fully saturated rings. The quantitative estimate of drug-likeness (QED) is 0.478. The van der Waals surface area contributed by atoms with E-state index in [2.05, 4.69) is 52.6 Å². The van der Waals surface area contributed by atoms with Crippen LogP contribution in [0.1, 0.15) is 16.1 Å². The van der Waals surface area contributed by atoms with Crippen LogP contribution in [0.2, 0.25) is 0 Å². The Morgan fingerprint density at radius 2 is 2.12 bits per heavy atom. The molecule has 2 heterocycles. The van der Waals surface area contributed by atoms with E-state index in [1.807, 2.05) is 30.5 Å². The number of benzene rings is 1. The number of carbonyl (C=O) groups excluding carboxylic acids is 1.